The Labute approximate surface area is 112 Å². The van der Waals surface area contributed by atoms with Crippen molar-refractivity contribution in [2.45, 2.75) is 13.0 Å². The van der Waals surface area contributed by atoms with Crippen molar-refractivity contribution >= 4 is 27.3 Å². The molecule has 18 heavy (non-hydrogen) atoms. The predicted molar refractivity (Wildman–Crippen MR) is 70.1 cm³/mol. The lowest BCUT2D eigenvalue weighted by Crippen LogP contribution is -2.28. The molecule has 2 atom stereocenters. The Morgan fingerprint density at radius 3 is 2.72 bits per heavy atom. The van der Waals surface area contributed by atoms with Gasteiger partial charge in [0.1, 0.15) is 11.5 Å². The maximum absolute atomic E-state index is 13.4. The highest BCUT2D eigenvalue weighted by atomic mass is 79.9. The maximum Gasteiger partial charge on any atom is 0.295 e. The van der Waals surface area contributed by atoms with Crippen LogP contribution in [0.25, 0.3) is 0 Å². The monoisotopic (exact) mass is 317 g/mol. The van der Waals surface area contributed by atoms with E-state index in [-0.39, 0.29) is 22.1 Å². The van der Waals surface area contributed by atoms with Crippen molar-refractivity contribution in [2.24, 2.45) is 11.7 Å². The van der Waals surface area contributed by atoms with Crippen LogP contribution >= 0.6 is 15.9 Å². The van der Waals surface area contributed by atoms with E-state index in [1.165, 1.54) is 6.07 Å². The van der Waals surface area contributed by atoms with Gasteiger partial charge in [-0.2, -0.15) is 0 Å². The van der Waals surface area contributed by atoms with E-state index < -0.39 is 10.7 Å². The zero-order valence-electron chi connectivity index (χ0n) is 9.77. The molecule has 1 aromatic carbocycles. The third-order valence-electron chi connectivity index (χ3n) is 3.23. The van der Waals surface area contributed by atoms with Crippen molar-refractivity contribution in [3.05, 3.63) is 32.5 Å². The van der Waals surface area contributed by atoms with Gasteiger partial charge in [-0.15, -0.1) is 0 Å². The van der Waals surface area contributed by atoms with Crippen molar-refractivity contribution < 1.29 is 9.31 Å². The van der Waals surface area contributed by atoms with Crippen molar-refractivity contribution in [2.75, 3.05) is 18.0 Å². The van der Waals surface area contributed by atoms with Gasteiger partial charge in [-0.25, -0.2) is 4.39 Å². The molecule has 1 aliphatic heterocycles. The minimum absolute atomic E-state index is 0.0200. The largest absolute Gasteiger partial charge is 0.364 e. The van der Waals surface area contributed by atoms with Crippen LogP contribution in [0.4, 0.5) is 15.8 Å². The summed E-state index contributed by atoms with van der Waals surface area (Å²) in [6, 6.07) is 2.36. The van der Waals surface area contributed by atoms with Gasteiger partial charge in [0, 0.05) is 19.1 Å². The third-order valence-corrected chi connectivity index (χ3v) is 3.83. The van der Waals surface area contributed by atoms with Crippen molar-refractivity contribution in [3.8, 4) is 0 Å². The SMILES string of the molecule is CC1CN(c2cc(Br)c(F)cc2[N+](=O)[O-])CC1N. The van der Waals surface area contributed by atoms with Crippen LogP contribution in [0.5, 0.6) is 0 Å². The van der Waals surface area contributed by atoms with Gasteiger partial charge in [-0.3, -0.25) is 10.1 Å². The molecule has 0 aliphatic carbocycles. The van der Waals surface area contributed by atoms with Crippen LogP contribution in [0, 0.1) is 21.8 Å². The molecule has 0 spiro atoms. The Bertz CT molecular complexity index is 487. The molecule has 0 saturated carbocycles. The number of halogens is 2. The first kappa shape index (κ1) is 13.2. The molecule has 0 amide bonds. The average Bonchev–Trinajstić information content (AvgIpc) is 2.62. The summed E-state index contributed by atoms with van der Waals surface area (Å²) >= 11 is 3.05. The third kappa shape index (κ3) is 2.32. The number of anilines is 1. The number of nitrogens with two attached hydrogens (primary N) is 1. The number of nitro benzene ring substituents is 1. The molecule has 98 valence electrons. The molecule has 0 bridgehead atoms. The summed E-state index contributed by atoms with van der Waals surface area (Å²) in [4.78, 5) is 12.2. The molecule has 1 fully saturated rings. The second-order valence-corrected chi connectivity index (χ2v) is 5.41. The van der Waals surface area contributed by atoms with E-state index in [2.05, 4.69) is 15.9 Å². The van der Waals surface area contributed by atoms with E-state index in [4.69, 9.17) is 5.73 Å². The summed E-state index contributed by atoms with van der Waals surface area (Å²) in [5.41, 5.74) is 6.09. The highest BCUT2D eigenvalue weighted by molar-refractivity contribution is 9.10. The lowest BCUT2D eigenvalue weighted by molar-refractivity contribution is -0.384. The van der Waals surface area contributed by atoms with Gasteiger partial charge >= 0.3 is 0 Å². The number of benzene rings is 1. The quantitative estimate of drug-likeness (QED) is 0.671. The highest BCUT2D eigenvalue weighted by Gasteiger charge is 2.31. The minimum atomic E-state index is -0.637. The number of nitro groups is 1. The zero-order chi connectivity index (χ0) is 13.4. The van der Waals surface area contributed by atoms with Crippen LogP contribution in [-0.4, -0.2) is 24.1 Å². The topological polar surface area (TPSA) is 72.4 Å². The normalized spacial score (nSPS) is 23.4. The molecule has 1 saturated heterocycles. The molecule has 0 aromatic heterocycles. The molecule has 2 rings (SSSR count). The van der Waals surface area contributed by atoms with Crippen LogP contribution in [0.3, 0.4) is 0 Å². The fourth-order valence-corrected chi connectivity index (χ4v) is 2.45. The zero-order valence-corrected chi connectivity index (χ0v) is 11.4. The second-order valence-electron chi connectivity index (χ2n) is 4.56. The van der Waals surface area contributed by atoms with Crippen molar-refractivity contribution in [1.82, 2.24) is 0 Å². The Balaban J connectivity index is 2.43. The molecule has 2 N–H and O–H groups in total. The Hall–Kier alpha value is -1.21. The van der Waals surface area contributed by atoms with Gasteiger partial charge in [0.2, 0.25) is 0 Å². The van der Waals surface area contributed by atoms with E-state index in [0.717, 1.165) is 6.07 Å². The second kappa shape index (κ2) is 4.81. The molecule has 2 unspecified atom stereocenters. The van der Waals surface area contributed by atoms with Gasteiger partial charge in [-0.05, 0) is 27.9 Å². The van der Waals surface area contributed by atoms with Crippen LogP contribution in [-0.2, 0) is 0 Å². The lowest BCUT2D eigenvalue weighted by Gasteiger charge is -2.18. The van der Waals surface area contributed by atoms with Crippen LogP contribution in [0.15, 0.2) is 16.6 Å². The highest BCUT2D eigenvalue weighted by Crippen LogP contribution is 2.35. The van der Waals surface area contributed by atoms with Crippen LogP contribution < -0.4 is 10.6 Å². The summed E-state index contributed by atoms with van der Waals surface area (Å²) in [5.74, 6) is -0.379. The fraction of sp³-hybridized carbons (Fsp3) is 0.455. The van der Waals surface area contributed by atoms with Gasteiger partial charge in [0.05, 0.1) is 15.5 Å². The molecular formula is C11H13BrFN3O2. The van der Waals surface area contributed by atoms with Crippen LogP contribution in [0.1, 0.15) is 6.92 Å². The standard InChI is InChI=1S/C11H13BrFN3O2/c1-6-4-15(5-9(6)14)10-2-7(12)8(13)3-11(10)16(17)18/h2-3,6,9H,4-5,14H2,1H3. The molecule has 1 heterocycles. The van der Waals surface area contributed by atoms with Gasteiger partial charge in [0.15, 0.2) is 0 Å². The van der Waals surface area contributed by atoms with Crippen LogP contribution in [0.2, 0.25) is 0 Å². The number of nitrogens with zero attached hydrogens (tertiary/aromatic N) is 2. The molecule has 1 aromatic rings. The molecule has 1 aliphatic rings. The van der Waals surface area contributed by atoms with Gasteiger partial charge < -0.3 is 10.6 Å². The summed E-state index contributed by atoms with van der Waals surface area (Å²) in [6.45, 7) is 3.18. The van der Waals surface area contributed by atoms with Crippen molar-refractivity contribution in [3.63, 3.8) is 0 Å². The number of rotatable bonds is 2. The van der Waals surface area contributed by atoms with Crippen molar-refractivity contribution in [1.29, 1.82) is 0 Å². The van der Waals surface area contributed by atoms with Gasteiger partial charge in [0.25, 0.3) is 5.69 Å². The fourth-order valence-electron chi connectivity index (χ4n) is 2.11. The minimum Gasteiger partial charge on any atom is -0.364 e. The molecule has 0 radical (unpaired) electrons. The lowest BCUT2D eigenvalue weighted by atomic mass is 10.1. The van der Waals surface area contributed by atoms with E-state index in [0.29, 0.717) is 18.8 Å². The number of hydrogen-bond acceptors (Lipinski definition) is 4. The Morgan fingerprint density at radius 1 is 1.56 bits per heavy atom. The van der Waals surface area contributed by atoms with E-state index in [1.54, 1.807) is 0 Å². The maximum atomic E-state index is 13.4. The molecule has 7 heteroatoms. The Kier molecular flexibility index (Phi) is 3.54. The molecule has 5 nitrogen and oxygen atoms in total. The Morgan fingerprint density at radius 2 is 2.22 bits per heavy atom. The van der Waals surface area contributed by atoms with E-state index in [1.807, 2.05) is 11.8 Å². The smallest absolute Gasteiger partial charge is 0.295 e. The van der Waals surface area contributed by atoms with Gasteiger partial charge in [-0.1, -0.05) is 6.92 Å². The first-order chi connectivity index (χ1) is 8.40. The summed E-state index contributed by atoms with van der Waals surface area (Å²) in [7, 11) is 0. The first-order valence-electron chi connectivity index (χ1n) is 5.54. The van der Waals surface area contributed by atoms with E-state index >= 15 is 0 Å². The predicted octanol–water partition coefficient (Wildman–Crippen LogP) is 2.28. The first-order valence-corrected chi connectivity index (χ1v) is 6.33. The van der Waals surface area contributed by atoms with E-state index in [9.17, 15) is 14.5 Å². The summed E-state index contributed by atoms with van der Waals surface area (Å²) in [5, 5.41) is 11.0. The summed E-state index contributed by atoms with van der Waals surface area (Å²) < 4.78 is 13.6. The number of hydrogen-bond donors (Lipinski definition) is 1. The molecular weight excluding hydrogens is 305 g/mol. The summed E-state index contributed by atoms with van der Waals surface area (Å²) in [6.07, 6.45) is 0. The average molecular weight is 318 g/mol.